The number of nitrogens with one attached hydrogen (secondary N) is 1. The second kappa shape index (κ2) is 16.0. The van der Waals surface area contributed by atoms with Crippen LogP contribution in [0.15, 0.2) is 85.2 Å². The molecule has 5 rings (SSSR count). The van der Waals surface area contributed by atoms with E-state index in [4.69, 9.17) is 9.47 Å². The highest BCUT2D eigenvalue weighted by Gasteiger charge is 2.31. The van der Waals surface area contributed by atoms with Crippen molar-refractivity contribution < 1.29 is 41.4 Å². The van der Waals surface area contributed by atoms with Crippen molar-refractivity contribution in [2.45, 2.75) is 46.0 Å². The van der Waals surface area contributed by atoms with Crippen LogP contribution < -0.4 is 15.0 Å². The average Bonchev–Trinajstić information content (AvgIpc) is 3.11. The summed E-state index contributed by atoms with van der Waals surface area (Å²) < 4.78 is 68.1. The predicted molar refractivity (Wildman–Crippen MR) is 186 cm³/mol. The maximum absolute atomic E-state index is 15.7. The summed E-state index contributed by atoms with van der Waals surface area (Å²) in [5.74, 6) is -4.59. The van der Waals surface area contributed by atoms with E-state index >= 15 is 4.39 Å². The Labute approximate surface area is 299 Å². The number of nitrogens with zero attached hydrogens (tertiary/aromatic N) is 3. The Morgan fingerprint density at radius 1 is 0.923 bits per heavy atom. The third-order valence-electron chi connectivity index (χ3n) is 8.98. The normalized spacial score (nSPS) is 13.8. The first-order valence-corrected chi connectivity index (χ1v) is 16.4. The average molecular weight is 719 g/mol. The standard InChI is InChI=1S/C39H38F4N4O5/c1-23-15-29(52-39(50)45(4)14-13-37(48)51-22-26-9-7-6-8-10-26)19-35(43)32(23)21-47-25(3)46(5)24(2)30-12-11-27(16-36(30)47)38(49)44-20-31-33(41)17-28(40)18-34(31)42/h6-12,15-19,24H,3,13-14,20-22H2,1-2,4-5H3,(H,44,49)/t24-/m0/s1. The minimum Gasteiger partial charge on any atom is -0.461 e. The number of aryl methyl sites for hydroxylation is 1. The van der Waals surface area contributed by atoms with Crippen LogP contribution in [0.1, 0.15) is 57.6 Å². The van der Waals surface area contributed by atoms with Gasteiger partial charge >= 0.3 is 12.1 Å². The number of ether oxygens (including phenoxy) is 2. The molecule has 0 unspecified atom stereocenters. The van der Waals surface area contributed by atoms with Crippen molar-refractivity contribution >= 4 is 23.7 Å². The van der Waals surface area contributed by atoms with Gasteiger partial charge in [-0.05, 0) is 48.7 Å². The molecule has 1 aliphatic rings. The van der Waals surface area contributed by atoms with Crippen LogP contribution >= 0.6 is 0 Å². The van der Waals surface area contributed by atoms with Crippen LogP contribution in [0.25, 0.3) is 0 Å². The number of esters is 1. The topological polar surface area (TPSA) is 91.4 Å². The van der Waals surface area contributed by atoms with Crippen molar-refractivity contribution in [3.8, 4) is 5.75 Å². The first-order valence-electron chi connectivity index (χ1n) is 16.4. The molecular weight excluding hydrogens is 680 g/mol. The summed E-state index contributed by atoms with van der Waals surface area (Å²) in [6.45, 7) is 7.43. The zero-order valence-corrected chi connectivity index (χ0v) is 29.1. The highest BCUT2D eigenvalue weighted by atomic mass is 19.1. The number of halogens is 4. The number of carbonyl (C=O) groups is 3. The summed E-state index contributed by atoms with van der Waals surface area (Å²) in [6, 6.07) is 17.6. The van der Waals surface area contributed by atoms with Crippen molar-refractivity contribution in [1.82, 2.24) is 15.1 Å². The molecule has 13 heteroatoms. The quantitative estimate of drug-likeness (QED) is 0.127. The lowest BCUT2D eigenvalue weighted by atomic mass is 9.97. The van der Waals surface area contributed by atoms with E-state index < -0.39 is 53.3 Å². The van der Waals surface area contributed by atoms with Crippen molar-refractivity contribution in [3.05, 3.63) is 142 Å². The summed E-state index contributed by atoms with van der Waals surface area (Å²) in [5, 5.41) is 2.47. The van der Waals surface area contributed by atoms with Gasteiger partial charge in [0.25, 0.3) is 5.91 Å². The van der Waals surface area contributed by atoms with E-state index in [0.29, 0.717) is 29.2 Å². The minimum atomic E-state index is -1.12. The minimum absolute atomic E-state index is 0.00312. The van der Waals surface area contributed by atoms with E-state index in [-0.39, 0.29) is 49.0 Å². The van der Waals surface area contributed by atoms with E-state index in [9.17, 15) is 27.6 Å². The molecule has 0 radical (unpaired) electrons. The fraction of sp³-hybridized carbons (Fsp3) is 0.256. The molecule has 0 saturated carbocycles. The Hall–Kier alpha value is -5.85. The molecule has 2 amide bonds. The van der Waals surface area contributed by atoms with Gasteiger partial charge in [-0.3, -0.25) is 9.59 Å². The summed E-state index contributed by atoms with van der Waals surface area (Å²) in [5.41, 5.74) is 2.67. The summed E-state index contributed by atoms with van der Waals surface area (Å²) in [4.78, 5) is 42.9. The molecule has 0 aromatic heterocycles. The molecular formula is C39H38F4N4O5. The maximum Gasteiger partial charge on any atom is 0.414 e. The lowest BCUT2D eigenvalue weighted by Gasteiger charge is -2.43. The molecule has 0 saturated heterocycles. The van der Waals surface area contributed by atoms with E-state index in [0.717, 1.165) is 17.2 Å². The van der Waals surface area contributed by atoms with Crippen molar-refractivity contribution in [2.24, 2.45) is 0 Å². The number of fused-ring (bicyclic) bond motifs is 1. The molecule has 0 spiro atoms. The van der Waals surface area contributed by atoms with Gasteiger partial charge in [0.05, 0.1) is 19.0 Å². The van der Waals surface area contributed by atoms with Crippen LogP contribution in [-0.4, -0.2) is 48.4 Å². The number of rotatable bonds is 11. The molecule has 0 aliphatic carbocycles. The molecule has 9 nitrogen and oxygen atoms in total. The van der Waals surface area contributed by atoms with Crippen LogP contribution in [0.5, 0.6) is 5.75 Å². The fourth-order valence-corrected chi connectivity index (χ4v) is 5.72. The van der Waals surface area contributed by atoms with E-state index in [1.807, 2.05) is 49.2 Å². The highest BCUT2D eigenvalue weighted by Crippen LogP contribution is 2.41. The Balaban J connectivity index is 1.26. The Bertz CT molecular complexity index is 1960. The zero-order valence-electron chi connectivity index (χ0n) is 29.1. The van der Waals surface area contributed by atoms with Gasteiger partial charge in [0.2, 0.25) is 0 Å². The zero-order chi connectivity index (χ0) is 37.7. The number of anilines is 1. The van der Waals surface area contributed by atoms with Gasteiger partial charge in [-0.2, -0.15) is 0 Å². The number of benzene rings is 4. The van der Waals surface area contributed by atoms with Crippen LogP contribution in [0.4, 0.5) is 28.0 Å². The molecule has 52 heavy (non-hydrogen) atoms. The van der Waals surface area contributed by atoms with E-state index in [1.54, 1.807) is 30.0 Å². The lowest BCUT2D eigenvalue weighted by Crippen LogP contribution is -2.39. The van der Waals surface area contributed by atoms with Gasteiger partial charge in [-0.1, -0.05) is 43.0 Å². The van der Waals surface area contributed by atoms with Crippen LogP contribution in [-0.2, 0) is 29.2 Å². The third-order valence-corrected chi connectivity index (χ3v) is 8.98. The summed E-state index contributed by atoms with van der Waals surface area (Å²) in [7, 11) is 3.29. The predicted octanol–water partition coefficient (Wildman–Crippen LogP) is 7.53. The van der Waals surface area contributed by atoms with E-state index in [2.05, 4.69) is 11.9 Å². The van der Waals surface area contributed by atoms with Gasteiger partial charge in [-0.15, -0.1) is 0 Å². The first kappa shape index (κ1) is 37.4. The Morgan fingerprint density at radius 3 is 2.27 bits per heavy atom. The molecule has 1 N–H and O–H groups in total. The van der Waals surface area contributed by atoms with Gasteiger partial charge in [0.1, 0.15) is 41.4 Å². The van der Waals surface area contributed by atoms with E-state index in [1.165, 1.54) is 18.0 Å². The molecule has 0 bridgehead atoms. The number of hydrogen-bond acceptors (Lipinski definition) is 7. The maximum atomic E-state index is 15.7. The Kier molecular flexibility index (Phi) is 11.5. The molecule has 4 aromatic carbocycles. The van der Waals surface area contributed by atoms with Crippen molar-refractivity contribution in [1.29, 1.82) is 0 Å². The largest absolute Gasteiger partial charge is 0.461 e. The van der Waals surface area contributed by atoms with Gasteiger partial charge < -0.3 is 29.5 Å². The van der Waals surface area contributed by atoms with Crippen LogP contribution in [0, 0.1) is 30.2 Å². The summed E-state index contributed by atoms with van der Waals surface area (Å²) in [6.07, 6.45) is -0.847. The lowest BCUT2D eigenvalue weighted by molar-refractivity contribution is -0.145. The molecule has 0 fully saturated rings. The fourth-order valence-electron chi connectivity index (χ4n) is 5.72. The van der Waals surface area contributed by atoms with Gasteiger partial charge in [-0.25, -0.2) is 22.4 Å². The SMILES string of the molecule is C=C1N(Cc2c(C)cc(OC(=O)N(C)CCC(=O)OCc3ccccc3)cc2F)c2cc(C(=O)NCc3c(F)cc(F)cc3F)ccc2[C@H](C)N1C. The van der Waals surface area contributed by atoms with Gasteiger partial charge in [0, 0.05) is 67.8 Å². The number of amides is 2. The molecule has 272 valence electrons. The monoisotopic (exact) mass is 718 g/mol. The molecule has 1 atom stereocenters. The van der Waals surface area contributed by atoms with Crippen molar-refractivity contribution in [3.63, 3.8) is 0 Å². The van der Waals surface area contributed by atoms with Crippen molar-refractivity contribution in [2.75, 3.05) is 25.5 Å². The number of carbonyl (C=O) groups excluding carboxylic acids is 3. The highest BCUT2D eigenvalue weighted by molar-refractivity contribution is 5.95. The second-order valence-corrected chi connectivity index (χ2v) is 12.5. The van der Waals surface area contributed by atoms with Gasteiger partial charge in [0.15, 0.2) is 0 Å². The smallest absolute Gasteiger partial charge is 0.414 e. The third kappa shape index (κ3) is 8.53. The number of hydrogen-bond donors (Lipinski definition) is 1. The molecule has 1 aliphatic heterocycles. The second-order valence-electron chi connectivity index (χ2n) is 12.5. The summed E-state index contributed by atoms with van der Waals surface area (Å²) >= 11 is 0. The molecule has 1 heterocycles. The Morgan fingerprint density at radius 2 is 1.60 bits per heavy atom. The first-order chi connectivity index (χ1) is 24.7. The van der Waals surface area contributed by atoms with Crippen LogP contribution in [0.3, 0.4) is 0 Å². The molecule has 4 aromatic rings. The van der Waals surface area contributed by atoms with Crippen LogP contribution in [0.2, 0.25) is 0 Å².